The molecule has 2 heterocycles. The molecule has 2 aromatic rings. The summed E-state index contributed by atoms with van der Waals surface area (Å²) in [4.78, 5) is 14.6. The average molecular weight is 347 g/mol. The number of nitrogens with zero attached hydrogens (tertiary/aromatic N) is 4. The highest BCUT2D eigenvalue weighted by Gasteiger charge is 2.18. The molecular formula is C15H17N5O3S. The highest BCUT2D eigenvalue weighted by molar-refractivity contribution is 7.92. The Morgan fingerprint density at radius 2 is 1.67 bits per heavy atom. The van der Waals surface area contributed by atoms with Gasteiger partial charge in [-0.25, -0.2) is 8.42 Å². The van der Waals surface area contributed by atoms with E-state index in [1.165, 1.54) is 12.1 Å². The Morgan fingerprint density at radius 1 is 0.958 bits per heavy atom. The minimum atomic E-state index is -3.67. The molecule has 9 heteroatoms. The quantitative estimate of drug-likeness (QED) is 0.794. The lowest BCUT2D eigenvalue weighted by Crippen LogP contribution is -2.46. The molecule has 0 saturated carbocycles. The second-order valence-corrected chi connectivity index (χ2v) is 7.01. The van der Waals surface area contributed by atoms with Gasteiger partial charge in [-0.05, 0) is 24.3 Å². The van der Waals surface area contributed by atoms with Crippen LogP contribution in [-0.2, 0) is 14.8 Å². The molecule has 1 fully saturated rings. The number of carbonyl (C=O) groups is 1. The van der Waals surface area contributed by atoms with Gasteiger partial charge in [0.1, 0.15) is 0 Å². The second-order valence-electron chi connectivity index (χ2n) is 5.32. The topological polar surface area (TPSA) is 95.5 Å². The Kier molecular flexibility index (Phi) is 4.61. The Balaban J connectivity index is 1.68. The van der Waals surface area contributed by atoms with E-state index in [0.29, 0.717) is 32.0 Å². The summed E-state index contributed by atoms with van der Waals surface area (Å²) >= 11 is 0. The summed E-state index contributed by atoms with van der Waals surface area (Å²) in [5, 5.41) is 8.01. The summed E-state index contributed by atoms with van der Waals surface area (Å²) in [6.45, 7) is 2.60. The van der Waals surface area contributed by atoms with Crippen molar-refractivity contribution in [2.24, 2.45) is 0 Å². The van der Waals surface area contributed by atoms with Crippen molar-refractivity contribution in [1.29, 1.82) is 0 Å². The molecule has 8 nitrogen and oxygen atoms in total. The summed E-state index contributed by atoms with van der Waals surface area (Å²) in [6, 6.07) is 11.4. The van der Waals surface area contributed by atoms with E-state index in [4.69, 9.17) is 0 Å². The maximum absolute atomic E-state index is 12.2. The van der Waals surface area contributed by atoms with Gasteiger partial charge in [0.15, 0.2) is 11.6 Å². The summed E-state index contributed by atoms with van der Waals surface area (Å²) in [5.41, 5.74) is 0. The van der Waals surface area contributed by atoms with E-state index in [9.17, 15) is 13.2 Å². The number of rotatable bonds is 5. The maximum Gasteiger partial charge on any atom is 0.263 e. The van der Waals surface area contributed by atoms with Crippen LogP contribution in [0.15, 0.2) is 47.4 Å². The molecule has 1 aliphatic rings. The first-order valence-electron chi connectivity index (χ1n) is 7.44. The molecule has 0 atom stereocenters. The molecule has 0 unspecified atom stereocenters. The van der Waals surface area contributed by atoms with Gasteiger partial charge in [-0.1, -0.05) is 18.2 Å². The molecule has 0 spiro atoms. The van der Waals surface area contributed by atoms with Crippen LogP contribution in [0.25, 0.3) is 0 Å². The van der Waals surface area contributed by atoms with E-state index < -0.39 is 10.0 Å². The first kappa shape index (κ1) is 16.2. The van der Waals surface area contributed by atoms with Crippen molar-refractivity contribution in [3.63, 3.8) is 0 Å². The predicted molar refractivity (Wildman–Crippen MR) is 89.1 cm³/mol. The second kappa shape index (κ2) is 6.83. The number of sulfonamides is 1. The summed E-state index contributed by atoms with van der Waals surface area (Å²) < 4.78 is 26.9. The van der Waals surface area contributed by atoms with Gasteiger partial charge in [0.05, 0.1) is 4.90 Å². The monoisotopic (exact) mass is 347 g/mol. The van der Waals surface area contributed by atoms with Crippen molar-refractivity contribution in [2.75, 3.05) is 35.8 Å². The summed E-state index contributed by atoms with van der Waals surface area (Å²) in [5.74, 6) is 0.817. The van der Waals surface area contributed by atoms with Gasteiger partial charge in [-0.15, -0.1) is 10.2 Å². The van der Waals surface area contributed by atoms with E-state index in [1.54, 1.807) is 35.2 Å². The molecule has 1 aromatic heterocycles. The molecule has 126 valence electrons. The lowest BCUT2D eigenvalue weighted by molar-refractivity contribution is -0.118. The standard InChI is InChI=1S/C15H17N5O3S/c21-12-19-8-10-20(11-9-19)15-7-6-14(16-17-15)18-24(22,23)13-4-2-1-3-5-13/h1-7,12H,8-11H2,(H,16,18). The van der Waals surface area contributed by atoms with Gasteiger partial charge in [-0.2, -0.15) is 0 Å². The van der Waals surface area contributed by atoms with Gasteiger partial charge in [0.25, 0.3) is 10.0 Å². The van der Waals surface area contributed by atoms with Crippen molar-refractivity contribution >= 4 is 28.1 Å². The number of nitrogens with one attached hydrogen (secondary N) is 1. The van der Waals surface area contributed by atoms with E-state index in [-0.39, 0.29) is 10.7 Å². The SMILES string of the molecule is O=CN1CCN(c2ccc(NS(=O)(=O)c3ccccc3)nn2)CC1. The highest BCUT2D eigenvalue weighted by atomic mass is 32.2. The average Bonchev–Trinajstić information content (AvgIpc) is 2.63. The van der Waals surface area contributed by atoms with Crippen molar-refractivity contribution in [3.05, 3.63) is 42.5 Å². The Bertz CT molecular complexity index is 788. The number of hydrogen-bond donors (Lipinski definition) is 1. The van der Waals surface area contributed by atoms with Gasteiger partial charge < -0.3 is 9.80 Å². The van der Waals surface area contributed by atoms with Crippen LogP contribution in [0.4, 0.5) is 11.6 Å². The minimum Gasteiger partial charge on any atom is -0.352 e. The molecule has 1 aliphatic heterocycles. The van der Waals surface area contributed by atoms with Crippen molar-refractivity contribution in [2.45, 2.75) is 4.90 Å². The van der Waals surface area contributed by atoms with Crippen molar-refractivity contribution in [3.8, 4) is 0 Å². The molecule has 0 radical (unpaired) electrons. The zero-order valence-electron chi connectivity index (χ0n) is 12.9. The van der Waals surface area contributed by atoms with E-state index >= 15 is 0 Å². The Morgan fingerprint density at radius 3 is 2.25 bits per heavy atom. The van der Waals surface area contributed by atoms with Crippen LogP contribution < -0.4 is 9.62 Å². The largest absolute Gasteiger partial charge is 0.352 e. The van der Waals surface area contributed by atoms with E-state index in [0.717, 1.165) is 6.41 Å². The van der Waals surface area contributed by atoms with Crippen LogP contribution >= 0.6 is 0 Å². The third-order valence-electron chi connectivity index (χ3n) is 3.73. The van der Waals surface area contributed by atoms with Crippen LogP contribution in [0.3, 0.4) is 0 Å². The molecule has 1 aromatic carbocycles. The smallest absolute Gasteiger partial charge is 0.263 e. The number of anilines is 2. The number of benzene rings is 1. The molecule has 1 N–H and O–H groups in total. The lowest BCUT2D eigenvalue weighted by atomic mass is 10.3. The third kappa shape index (κ3) is 3.62. The Hall–Kier alpha value is -2.68. The van der Waals surface area contributed by atoms with Gasteiger partial charge in [0, 0.05) is 26.2 Å². The van der Waals surface area contributed by atoms with Crippen LogP contribution in [-0.4, -0.2) is 56.1 Å². The van der Waals surface area contributed by atoms with Crippen LogP contribution in [0.1, 0.15) is 0 Å². The molecule has 0 aliphatic carbocycles. The summed E-state index contributed by atoms with van der Waals surface area (Å²) in [6.07, 6.45) is 0.838. The van der Waals surface area contributed by atoms with Crippen LogP contribution in [0.5, 0.6) is 0 Å². The molecular weight excluding hydrogens is 330 g/mol. The molecule has 24 heavy (non-hydrogen) atoms. The fourth-order valence-corrected chi connectivity index (χ4v) is 3.42. The first-order chi connectivity index (χ1) is 11.6. The number of carbonyl (C=O) groups excluding carboxylic acids is 1. The fourth-order valence-electron chi connectivity index (χ4n) is 2.40. The lowest BCUT2D eigenvalue weighted by Gasteiger charge is -2.32. The summed E-state index contributed by atoms with van der Waals surface area (Å²) in [7, 11) is -3.67. The fraction of sp³-hybridized carbons (Fsp3) is 0.267. The number of amides is 1. The molecule has 1 amide bonds. The van der Waals surface area contributed by atoms with Crippen LogP contribution in [0, 0.1) is 0 Å². The van der Waals surface area contributed by atoms with Crippen molar-refractivity contribution < 1.29 is 13.2 Å². The first-order valence-corrected chi connectivity index (χ1v) is 8.93. The number of piperazine rings is 1. The maximum atomic E-state index is 12.2. The third-order valence-corrected chi connectivity index (χ3v) is 5.10. The minimum absolute atomic E-state index is 0.161. The van der Waals surface area contributed by atoms with E-state index in [2.05, 4.69) is 14.9 Å². The van der Waals surface area contributed by atoms with Crippen LogP contribution in [0.2, 0.25) is 0 Å². The highest BCUT2D eigenvalue weighted by Crippen LogP contribution is 2.16. The molecule has 1 saturated heterocycles. The molecule has 0 bridgehead atoms. The van der Waals surface area contributed by atoms with Gasteiger partial charge in [-0.3, -0.25) is 9.52 Å². The van der Waals surface area contributed by atoms with E-state index in [1.807, 2.05) is 4.90 Å². The predicted octanol–water partition coefficient (Wildman–Crippen LogP) is 0.556. The Labute approximate surface area is 140 Å². The van der Waals surface area contributed by atoms with Gasteiger partial charge in [0.2, 0.25) is 6.41 Å². The number of hydrogen-bond acceptors (Lipinski definition) is 6. The number of aromatic nitrogens is 2. The zero-order chi connectivity index (χ0) is 17.0. The van der Waals surface area contributed by atoms with Gasteiger partial charge >= 0.3 is 0 Å². The normalized spacial score (nSPS) is 15.2. The molecule has 3 rings (SSSR count). The zero-order valence-corrected chi connectivity index (χ0v) is 13.7. The van der Waals surface area contributed by atoms with Crippen molar-refractivity contribution in [1.82, 2.24) is 15.1 Å².